The second-order valence-corrected chi connectivity index (χ2v) is 4.95. The lowest BCUT2D eigenvalue weighted by Crippen LogP contribution is -2.41. The average Bonchev–Trinajstić information content (AvgIpc) is 2.64. The molecular formula is C18H20N2O4. The van der Waals surface area contributed by atoms with Crippen molar-refractivity contribution in [3.63, 3.8) is 0 Å². The lowest BCUT2D eigenvalue weighted by atomic mass is 10.2. The minimum Gasteiger partial charge on any atom is -0.496 e. The van der Waals surface area contributed by atoms with Crippen LogP contribution in [0, 0.1) is 0 Å². The van der Waals surface area contributed by atoms with Gasteiger partial charge in [0, 0.05) is 0 Å². The molecular weight excluding hydrogens is 308 g/mol. The molecule has 0 spiro atoms. The van der Waals surface area contributed by atoms with Crippen LogP contribution >= 0.6 is 0 Å². The van der Waals surface area contributed by atoms with Crippen LogP contribution in [0.3, 0.4) is 0 Å². The smallest absolute Gasteiger partial charge is 0.273 e. The van der Waals surface area contributed by atoms with Gasteiger partial charge in [-0.2, -0.15) is 0 Å². The van der Waals surface area contributed by atoms with Gasteiger partial charge in [-0.1, -0.05) is 31.2 Å². The Bertz CT molecular complexity index is 716. The fraction of sp³-hybridized carbons (Fsp3) is 0.222. The van der Waals surface area contributed by atoms with Gasteiger partial charge in [-0.05, 0) is 30.7 Å². The Kier molecular flexibility index (Phi) is 6.19. The quantitative estimate of drug-likeness (QED) is 0.799. The zero-order valence-electron chi connectivity index (χ0n) is 13.7. The molecule has 0 heterocycles. The van der Waals surface area contributed by atoms with Crippen LogP contribution in [0.1, 0.15) is 34.1 Å². The van der Waals surface area contributed by atoms with E-state index in [1.807, 2.05) is 6.92 Å². The van der Waals surface area contributed by atoms with Crippen molar-refractivity contribution >= 4 is 11.8 Å². The van der Waals surface area contributed by atoms with Gasteiger partial charge in [-0.3, -0.25) is 20.4 Å². The van der Waals surface area contributed by atoms with Crippen molar-refractivity contribution in [2.24, 2.45) is 0 Å². The second kappa shape index (κ2) is 8.57. The lowest BCUT2D eigenvalue weighted by Gasteiger charge is -2.12. The molecule has 0 aliphatic heterocycles. The number of hydrazine groups is 1. The first kappa shape index (κ1) is 17.3. The van der Waals surface area contributed by atoms with Gasteiger partial charge in [0.05, 0.1) is 24.8 Å². The molecule has 0 aliphatic rings. The third kappa shape index (κ3) is 4.25. The van der Waals surface area contributed by atoms with Crippen molar-refractivity contribution in [1.82, 2.24) is 10.9 Å². The van der Waals surface area contributed by atoms with Crippen LogP contribution in [-0.2, 0) is 0 Å². The standard InChI is InChI=1S/C18H20N2O4/c1-3-12-24-16-11-7-5-9-14(16)18(22)20-19-17(21)13-8-4-6-10-15(13)23-2/h4-11H,3,12H2,1-2H3,(H,19,21)(H,20,22). The molecule has 0 aliphatic carbocycles. The maximum absolute atomic E-state index is 12.3. The summed E-state index contributed by atoms with van der Waals surface area (Å²) in [5.41, 5.74) is 5.46. The summed E-state index contributed by atoms with van der Waals surface area (Å²) in [4.78, 5) is 24.5. The highest BCUT2D eigenvalue weighted by molar-refractivity contribution is 6.01. The van der Waals surface area contributed by atoms with Crippen LogP contribution in [0.15, 0.2) is 48.5 Å². The molecule has 2 aromatic rings. The summed E-state index contributed by atoms with van der Waals surface area (Å²) < 4.78 is 10.7. The van der Waals surface area contributed by atoms with E-state index in [2.05, 4.69) is 10.9 Å². The van der Waals surface area contributed by atoms with Gasteiger partial charge >= 0.3 is 0 Å². The van der Waals surface area contributed by atoms with E-state index in [4.69, 9.17) is 9.47 Å². The summed E-state index contributed by atoms with van der Waals surface area (Å²) in [6, 6.07) is 13.6. The monoisotopic (exact) mass is 328 g/mol. The van der Waals surface area contributed by atoms with Gasteiger partial charge in [0.25, 0.3) is 11.8 Å². The first-order valence-corrected chi connectivity index (χ1v) is 7.63. The van der Waals surface area contributed by atoms with Crippen LogP contribution in [0.2, 0.25) is 0 Å². The number of carbonyl (C=O) groups is 2. The summed E-state index contributed by atoms with van der Waals surface area (Å²) in [6.07, 6.45) is 0.834. The zero-order chi connectivity index (χ0) is 17.4. The highest BCUT2D eigenvalue weighted by atomic mass is 16.5. The molecule has 2 N–H and O–H groups in total. The van der Waals surface area contributed by atoms with Crippen molar-refractivity contribution in [3.8, 4) is 11.5 Å². The summed E-state index contributed by atoms with van der Waals surface area (Å²) >= 11 is 0. The van der Waals surface area contributed by atoms with Gasteiger partial charge in [0.15, 0.2) is 0 Å². The SMILES string of the molecule is CCCOc1ccccc1C(=O)NNC(=O)c1ccccc1OC. The van der Waals surface area contributed by atoms with E-state index in [0.29, 0.717) is 29.2 Å². The van der Waals surface area contributed by atoms with Crippen molar-refractivity contribution in [2.45, 2.75) is 13.3 Å². The van der Waals surface area contributed by atoms with Gasteiger partial charge in [0.1, 0.15) is 11.5 Å². The van der Waals surface area contributed by atoms with E-state index in [0.717, 1.165) is 6.42 Å². The van der Waals surface area contributed by atoms with Crippen molar-refractivity contribution < 1.29 is 19.1 Å². The molecule has 6 nitrogen and oxygen atoms in total. The third-order valence-electron chi connectivity index (χ3n) is 3.23. The Hall–Kier alpha value is -3.02. The van der Waals surface area contributed by atoms with Crippen LogP contribution in [-0.4, -0.2) is 25.5 Å². The van der Waals surface area contributed by atoms with Crippen LogP contribution in [0.4, 0.5) is 0 Å². The summed E-state index contributed by atoms with van der Waals surface area (Å²) in [5, 5.41) is 0. The number of benzene rings is 2. The molecule has 126 valence electrons. The third-order valence-corrected chi connectivity index (χ3v) is 3.23. The topological polar surface area (TPSA) is 76.7 Å². The number of carbonyl (C=O) groups excluding carboxylic acids is 2. The Morgan fingerprint density at radius 3 is 1.92 bits per heavy atom. The average molecular weight is 328 g/mol. The van der Waals surface area contributed by atoms with Crippen LogP contribution < -0.4 is 20.3 Å². The molecule has 2 amide bonds. The van der Waals surface area contributed by atoms with E-state index in [1.54, 1.807) is 48.5 Å². The first-order chi connectivity index (χ1) is 11.7. The van der Waals surface area contributed by atoms with E-state index >= 15 is 0 Å². The minimum atomic E-state index is -0.465. The Balaban J connectivity index is 2.04. The predicted octanol–water partition coefficient (Wildman–Crippen LogP) is 2.56. The number of hydrogen-bond acceptors (Lipinski definition) is 4. The number of ether oxygens (including phenoxy) is 2. The largest absolute Gasteiger partial charge is 0.496 e. The Morgan fingerprint density at radius 2 is 1.38 bits per heavy atom. The van der Waals surface area contributed by atoms with Crippen molar-refractivity contribution in [1.29, 1.82) is 0 Å². The van der Waals surface area contributed by atoms with Crippen LogP contribution in [0.25, 0.3) is 0 Å². The normalized spacial score (nSPS) is 9.92. The second-order valence-electron chi connectivity index (χ2n) is 4.95. The molecule has 2 rings (SSSR count). The fourth-order valence-electron chi connectivity index (χ4n) is 2.07. The molecule has 0 bridgehead atoms. The van der Waals surface area contributed by atoms with Crippen molar-refractivity contribution in [3.05, 3.63) is 59.7 Å². The van der Waals surface area contributed by atoms with E-state index in [9.17, 15) is 9.59 Å². The molecule has 0 unspecified atom stereocenters. The molecule has 2 aromatic carbocycles. The maximum atomic E-state index is 12.3. The van der Waals surface area contributed by atoms with E-state index < -0.39 is 11.8 Å². The van der Waals surface area contributed by atoms with Crippen LogP contribution in [0.5, 0.6) is 11.5 Å². The Morgan fingerprint density at radius 1 is 0.875 bits per heavy atom. The van der Waals surface area contributed by atoms with Gasteiger partial charge in [0.2, 0.25) is 0 Å². The highest BCUT2D eigenvalue weighted by Crippen LogP contribution is 2.18. The molecule has 0 fully saturated rings. The fourth-order valence-corrected chi connectivity index (χ4v) is 2.07. The van der Waals surface area contributed by atoms with Gasteiger partial charge in [-0.25, -0.2) is 0 Å². The number of methoxy groups -OCH3 is 1. The minimum absolute atomic E-state index is 0.329. The molecule has 0 saturated carbocycles. The number of rotatable bonds is 6. The van der Waals surface area contributed by atoms with Gasteiger partial charge in [-0.15, -0.1) is 0 Å². The number of para-hydroxylation sites is 2. The molecule has 24 heavy (non-hydrogen) atoms. The maximum Gasteiger partial charge on any atom is 0.273 e. The predicted molar refractivity (Wildman–Crippen MR) is 90.2 cm³/mol. The first-order valence-electron chi connectivity index (χ1n) is 7.63. The summed E-state index contributed by atoms with van der Waals surface area (Å²) in [5.74, 6) is -0.0166. The number of hydrogen-bond donors (Lipinski definition) is 2. The zero-order valence-corrected chi connectivity index (χ0v) is 13.7. The lowest BCUT2D eigenvalue weighted by molar-refractivity contribution is 0.0842. The summed E-state index contributed by atoms with van der Waals surface area (Å²) in [7, 11) is 1.48. The molecule has 0 atom stereocenters. The number of amides is 2. The molecule has 6 heteroatoms. The molecule has 0 aromatic heterocycles. The highest BCUT2D eigenvalue weighted by Gasteiger charge is 2.15. The molecule has 0 saturated heterocycles. The Labute approximate surface area is 140 Å². The van der Waals surface area contributed by atoms with Crippen molar-refractivity contribution in [2.75, 3.05) is 13.7 Å². The van der Waals surface area contributed by atoms with E-state index in [-0.39, 0.29) is 0 Å². The van der Waals surface area contributed by atoms with E-state index in [1.165, 1.54) is 7.11 Å². The molecule has 0 radical (unpaired) electrons. The van der Waals surface area contributed by atoms with Gasteiger partial charge < -0.3 is 9.47 Å². The number of nitrogens with one attached hydrogen (secondary N) is 2. The summed E-state index contributed by atoms with van der Waals surface area (Å²) in [6.45, 7) is 2.49.